The monoisotopic (exact) mass is 248 g/mol. The molecule has 0 radical (unpaired) electrons. The summed E-state index contributed by atoms with van der Waals surface area (Å²) in [4.78, 5) is 14.2. The van der Waals surface area contributed by atoms with E-state index in [9.17, 15) is 4.79 Å². The lowest BCUT2D eigenvalue weighted by atomic mass is 9.86. The van der Waals surface area contributed by atoms with Crippen molar-refractivity contribution in [2.24, 2.45) is 0 Å². The van der Waals surface area contributed by atoms with E-state index in [1.54, 1.807) is 19.2 Å². The summed E-state index contributed by atoms with van der Waals surface area (Å²) < 4.78 is 5.11. The van der Waals surface area contributed by atoms with Gasteiger partial charge in [-0.05, 0) is 45.1 Å². The molecule has 0 heterocycles. The Morgan fingerprint density at radius 2 is 2.11 bits per heavy atom. The Hall–Kier alpha value is -1.55. The Bertz CT molecular complexity index is 426. The number of carbonyl (C=O) groups is 1. The van der Waals surface area contributed by atoms with E-state index in [1.807, 2.05) is 12.1 Å². The number of benzene rings is 1. The predicted octanol–water partition coefficient (Wildman–Crippen LogP) is 1.52. The third kappa shape index (κ3) is 2.82. The van der Waals surface area contributed by atoms with Crippen molar-refractivity contribution in [2.45, 2.75) is 24.9 Å². The zero-order valence-electron chi connectivity index (χ0n) is 11.1. The number of methoxy groups -OCH3 is 1. The molecule has 0 spiro atoms. The number of nitrogens with zero attached hydrogens (tertiary/aromatic N) is 1. The molecule has 0 aromatic heterocycles. The van der Waals surface area contributed by atoms with Gasteiger partial charge >= 0.3 is 0 Å². The Morgan fingerprint density at radius 1 is 1.39 bits per heavy atom. The lowest BCUT2D eigenvalue weighted by Crippen LogP contribution is -2.51. The molecular weight excluding hydrogens is 228 g/mol. The van der Waals surface area contributed by atoms with Crippen LogP contribution in [-0.4, -0.2) is 44.1 Å². The van der Waals surface area contributed by atoms with Gasteiger partial charge in [-0.3, -0.25) is 4.79 Å². The van der Waals surface area contributed by atoms with Crippen molar-refractivity contribution >= 4 is 5.91 Å². The van der Waals surface area contributed by atoms with Crippen LogP contribution in [0.2, 0.25) is 0 Å². The van der Waals surface area contributed by atoms with Gasteiger partial charge in [0, 0.05) is 17.6 Å². The molecular formula is C14H20N2O2. The number of amides is 1. The maximum Gasteiger partial charge on any atom is 0.251 e. The van der Waals surface area contributed by atoms with Crippen molar-refractivity contribution in [3.05, 3.63) is 29.8 Å². The molecule has 1 aliphatic carbocycles. The molecule has 0 atom stereocenters. The average molecular weight is 248 g/mol. The number of carbonyl (C=O) groups excluding carboxylic acids is 1. The summed E-state index contributed by atoms with van der Waals surface area (Å²) in [7, 11) is 5.75. The molecule has 0 unspecified atom stereocenters. The lowest BCUT2D eigenvalue weighted by molar-refractivity contribution is 0.0853. The van der Waals surface area contributed by atoms with Gasteiger partial charge in [0.1, 0.15) is 5.75 Å². The molecule has 1 saturated carbocycles. The van der Waals surface area contributed by atoms with Gasteiger partial charge in [0.05, 0.1) is 7.11 Å². The third-order valence-corrected chi connectivity index (χ3v) is 3.51. The van der Waals surface area contributed by atoms with Gasteiger partial charge in [0.15, 0.2) is 0 Å². The topological polar surface area (TPSA) is 41.6 Å². The molecule has 1 fully saturated rings. The molecule has 0 bridgehead atoms. The maximum atomic E-state index is 12.0. The van der Waals surface area contributed by atoms with Crippen LogP contribution in [0.15, 0.2) is 24.3 Å². The van der Waals surface area contributed by atoms with E-state index in [1.165, 1.54) is 0 Å². The van der Waals surface area contributed by atoms with Gasteiger partial charge in [-0.25, -0.2) is 0 Å². The largest absolute Gasteiger partial charge is 0.497 e. The fourth-order valence-corrected chi connectivity index (χ4v) is 2.16. The Kier molecular flexibility index (Phi) is 3.87. The molecule has 0 saturated heterocycles. The highest BCUT2D eigenvalue weighted by Gasteiger charge is 2.31. The molecule has 1 aliphatic rings. The lowest BCUT2D eigenvalue weighted by Gasteiger charge is -2.39. The smallest absolute Gasteiger partial charge is 0.251 e. The molecule has 1 aromatic carbocycles. The van der Waals surface area contributed by atoms with Gasteiger partial charge in [-0.15, -0.1) is 0 Å². The summed E-state index contributed by atoms with van der Waals surface area (Å²) in [5, 5.41) is 3.05. The SMILES string of the molecule is COc1cccc(C(=O)NC2CC(N(C)C)C2)c1. The van der Waals surface area contributed by atoms with Gasteiger partial charge < -0.3 is 15.0 Å². The fourth-order valence-electron chi connectivity index (χ4n) is 2.16. The highest BCUT2D eigenvalue weighted by atomic mass is 16.5. The predicted molar refractivity (Wildman–Crippen MR) is 71.0 cm³/mol. The van der Waals surface area contributed by atoms with Crippen molar-refractivity contribution in [3.63, 3.8) is 0 Å². The first-order valence-electron chi connectivity index (χ1n) is 6.21. The number of hydrogen-bond acceptors (Lipinski definition) is 3. The van der Waals surface area contributed by atoms with Crippen LogP contribution in [0.5, 0.6) is 5.75 Å². The number of nitrogens with one attached hydrogen (secondary N) is 1. The van der Waals surface area contributed by atoms with Gasteiger partial charge in [-0.1, -0.05) is 6.07 Å². The first kappa shape index (κ1) is 12.9. The Morgan fingerprint density at radius 3 is 2.72 bits per heavy atom. The number of rotatable bonds is 4. The molecule has 4 heteroatoms. The molecule has 18 heavy (non-hydrogen) atoms. The van der Waals surface area contributed by atoms with Crippen LogP contribution < -0.4 is 10.1 Å². The molecule has 98 valence electrons. The third-order valence-electron chi connectivity index (χ3n) is 3.51. The van der Waals surface area contributed by atoms with Crippen molar-refractivity contribution in [2.75, 3.05) is 21.2 Å². The first-order chi connectivity index (χ1) is 8.60. The van der Waals surface area contributed by atoms with E-state index in [0.717, 1.165) is 12.8 Å². The Balaban J connectivity index is 1.89. The van der Waals surface area contributed by atoms with Gasteiger partial charge in [0.2, 0.25) is 0 Å². The summed E-state index contributed by atoms with van der Waals surface area (Å²) in [6.07, 6.45) is 2.06. The summed E-state index contributed by atoms with van der Waals surface area (Å²) in [5.41, 5.74) is 0.655. The minimum Gasteiger partial charge on any atom is -0.497 e. The summed E-state index contributed by atoms with van der Waals surface area (Å²) in [6.45, 7) is 0. The van der Waals surface area contributed by atoms with Crippen molar-refractivity contribution in [1.82, 2.24) is 10.2 Å². The second-order valence-electron chi connectivity index (χ2n) is 4.99. The van der Waals surface area contributed by atoms with Crippen LogP contribution >= 0.6 is 0 Å². The zero-order chi connectivity index (χ0) is 13.1. The zero-order valence-corrected chi connectivity index (χ0v) is 11.1. The molecule has 0 aliphatic heterocycles. The van der Waals surface area contributed by atoms with E-state index >= 15 is 0 Å². The number of ether oxygens (including phenoxy) is 1. The van der Waals surface area contributed by atoms with E-state index < -0.39 is 0 Å². The van der Waals surface area contributed by atoms with Gasteiger partial charge in [0.25, 0.3) is 5.91 Å². The van der Waals surface area contributed by atoms with Crippen molar-refractivity contribution < 1.29 is 9.53 Å². The van der Waals surface area contributed by atoms with Crippen molar-refractivity contribution in [3.8, 4) is 5.75 Å². The minimum absolute atomic E-state index is 0.0175. The fraction of sp³-hybridized carbons (Fsp3) is 0.500. The second kappa shape index (κ2) is 5.40. The Labute approximate surface area is 108 Å². The normalized spacial score (nSPS) is 22.4. The van der Waals surface area contributed by atoms with Crippen LogP contribution in [0, 0.1) is 0 Å². The molecule has 1 aromatic rings. The first-order valence-corrected chi connectivity index (χ1v) is 6.21. The summed E-state index contributed by atoms with van der Waals surface area (Å²) in [6, 6.07) is 8.13. The molecule has 4 nitrogen and oxygen atoms in total. The van der Waals surface area contributed by atoms with Gasteiger partial charge in [-0.2, -0.15) is 0 Å². The quantitative estimate of drug-likeness (QED) is 0.878. The molecule has 2 rings (SSSR count). The summed E-state index contributed by atoms with van der Waals surface area (Å²) in [5.74, 6) is 0.693. The minimum atomic E-state index is -0.0175. The van der Waals surface area contributed by atoms with Crippen LogP contribution in [-0.2, 0) is 0 Å². The van der Waals surface area contributed by atoms with Crippen LogP contribution in [0.3, 0.4) is 0 Å². The van der Waals surface area contributed by atoms with E-state index in [0.29, 0.717) is 23.4 Å². The highest BCUT2D eigenvalue weighted by Crippen LogP contribution is 2.24. The number of hydrogen-bond donors (Lipinski definition) is 1. The van der Waals surface area contributed by atoms with Crippen LogP contribution in [0.25, 0.3) is 0 Å². The molecule has 1 N–H and O–H groups in total. The standard InChI is InChI=1S/C14H20N2O2/c1-16(2)12-8-11(9-12)15-14(17)10-5-4-6-13(7-10)18-3/h4-7,11-12H,8-9H2,1-3H3,(H,15,17). The average Bonchev–Trinajstić information content (AvgIpc) is 2.32. The summed E-state index contributed by atoms with van der Waals surface area (Å²) >= 11 is 0. The van der Waals surface area contributed by atoms with E-state index in [-0.39, 0.29) is 5.91 Å². The van der Waals surface area contributed by atoms with Crippen LogP contribution in [0.4, 0.5) is 0 Å². The van der Waals surface area contributed by atoms with E-state index in [4.69, 9.17) is 4.74 Å². The van der Waals surface area contributed by atoms with Crippen molar-refractivity contribution in [1.29, 1.82) is 0 Å². The second-order valence-corrected chi connectivity index (χ2v) is 4.99. The molecule has 1 amide bonds. The van der Waals surface area contributed by atoms with Crippen LogP contribution in [0.1, 0.15) is 23.2 Å². The maximum absolute atomic E-state index is 12.0. The van der Waals surface area contributed by atoms with E-state index in [2.05, 4.69) is 24.3 Å². The highest BCUT2D eigenvalue weighted by molar-refractivity contribution is 5.94.